The average Bonchev–Trinajstić information content (AvgIpc) is 3.20. The summed E-state index contributed by atoms with van der Waals surface area (Å²) in [5.74, 6) is 0.0990. The van der Waals surface area contributed by atoms with Crippen molar-refractivity contribution in [2.75, 3.05) is 6.54 Å². The molecule has 2 N–H and O–H groups in total. The Morgan fingerprint density at radius 1 is 1.38 bits per heavy atom. The number of benzene rings is 1. The van der Waals surface area contributed by atoms with Crippen LogP contribution in [0, 0.1) is 11.7 Å². The molecule has 0 saturated heterocycles. The zero-order valence-electron chi connectivity index (χ0n) is 12.5. The molecule has 1 atom stereocenters. The van der Waals surface area contributed by atoms with Gasteiger partial charge in [0.2, 0.25) is 10.0 Å². The summed E-state index contributed by atoms with van der Waals surface area (Å²) in [6, 6.07) is 3.79. The first-order chi connectivity index (χ1) is 9.92. The Morgan fingerprint density at radius 2 is 2.10 bits per heavy atom. The molecule has 0 bridgehead atoms. The standard InChI is InChI=1S/C15H23FN2O2S/c1-3-17-10-13-6-7-14(16)9-15(13)21(19,20)18-11(2)8-12-4-5-12/h6-7,9,11-12,17-18H,3-5,8,10H2,1-2H3. The lowest BCUT2D eigenvalue weighted by Gasteiger charge is -2.16. The maximum atomic E-state index is 13.4. The lowest BCUT2D eigenvalue weighted by atomic mass is 10.2. The Bertz CT molecular complexity index is 585. The second-order valence-electron chi connectivity index (χ2n) is 5.73. The molecule has 1 aliphatic rings. The molecule has 1 unspecified atom stereocenters. The summed E-state index contributed by atoms with van der Waals surface area (Å²) in [5.41, 5.74) is 0.587. The van der Waals surface area contributed by atoms with Crippen molar-refractivity contribution in [1.29, 1.82) is 0 Å². The van der Waals surface area contributed by atoms with Crippen LogP contribution >= 0.6 is 0 Å². The van der Waals surface area contributed by atoms with Crippen molar-refractivity contribution >= 4 is 10.0 Å². The van der Waals surface area contributed by atoms with Gasteiger partial charge in [0.25, 0.3) is 0 Å². The summed E-state index contributed by atoms with van der Waals surface area (Å²) < 4.78 is 41.1. The predicted octanol–water partition coefficient (Wildman–Crippen LogP) is 2.40. The van der Waals surface area contributed by atoms with Crippen LogP contribution in [0.5, 0.6) is 0 Å². The lowest BCUT2D eigenvalue weighted by Crippen LogP contribution is -2.34. The van der Waals surface area contributed by atoms with Crippen LogP contribution in [-0.2, 0) is 16.6 Å². The summed E-state index contributed by atoms with van der Waals surface area (Å²) in [7, 11) is -3.69. The zero-order valence-corrected chi connectivity index (χ0v) is 13.3. The van der Waals surface area contributed by atoms with E-state index in [0.717, 1.165) is 19.0 Å². The number of sulfonamides is 1. The Hall–Kier alpha value is -0.980. The average molecular weight is 314 g/mol. The lowest BCUT2D eigenvalue weighted by molar-refractivity contribution is 0.527. The van der Waals surface area contributed by atoms with Crippen molar-refractivity contribution in [3.05, 3.63) is 29.6 Å². The van der Waals surface area contributed by atoms with E-state index >= 15 is 0 Å². The van der Waals surface area contributed by atoms with E-state index in [1.54, 1.807) is 0 Å². The van der Waals surface area contributed by atoms with Crippen LogP contribution in [-0.4, -0.2) is 21.0 Å². The van der Waals surface area contributed by atoms with Crippen LogP contribution in [0.25, 0.3) is 0 Å². The van der Waals surface area contributed by atoms with E-state index in [1.165, 1.54) is 25.0 Å². The summed E-state index contributed by atoms with van der Waals surface area (Å²) in [5, 5.41) is 3.08. The molecule has 0 aromatic heterocycles. The van der Waals surface area contributed by atoms with Crippen molar-refractivity contribution in [3.8, 4) is 0 Å². The van der Waals surface area contributed by atoms with E-state index in [-0.39, 0.29) is 10.9 Å². The molecule has 0 radical (unpaired) electrons. The molecule has 1 aromatic carbocycles. The molecule has 1 fully saturated rings. The molecule has 0 spiro atoms. The van der Waals surface area contributed by atoms with Gasteiger partial charge in [-0.25, -0.2) is 17.5 Å². The molecule has 1 aliphatic carbocycles. The first kappa shape index (κ1) is 16.4. The Morgan fingerprint density at radius 3 is 2.71 bits per heavy atom. The van der Waals surface area contributed by atoms with Crippen molar-refractivity contribution < 1.29 is 12.8 Å². The highest BCUT2D eigenvalue weighted by Gasteiger charge is 2.27. The molecule has 0 amide bonds. The van der Waals surface area contributed by atoms with Gasteiger partial charge >= 0.3 is 0 Å². The third-order valence-electron chi connectivity index (χ3n) is 3.62. The number of rotatable bonds is 8. The van der Waals surface area contributed by atoms with E-state index < -0.39 is 15.8 Å². The third-order valence-corrected chi connectivity index (χ3v) is 5.30. The van der Waals surface area contributed by atoms with Crippen molar-refractivity contribution in [3.63, 3.8) is 0 Å². The van der Waals surface area contributed by atoms with Crippen molar-refractivity contribution in [2.45, 2.75) is 50.6 Å². The zero-order chi connectivity index (χ0) is 15.5. The third kappa shape index (κ3) is 4.76. The molecule has 4 nitrogen and oxygen atoms in total. The largest absolute Gasteiger partial charge is 0.313 e. The molecular weight excluding hydrogens is 291 g/mol. The van der Waals surface area contributed by atoms with Crippen LogP contribution in [0.15, 0.2) is 23.1 Å². The normalized spacial score (nSPS) is 16.9. The minimum atomic E-state index is -3.69. The highest BCUT2D eigenvalue weighted by molar-refractivity contribution is 7.89. The van der Waals surface area contributed by atoms with E-state index in [0.29, 0.717) is 18.0 Å². The van der Waals surface area contributed by atoms with Crippen molar-refractivity contribution in [2.24, 2.45) is 5.92 Å². The minimum absolute atomic E-state index is 0.0334. The summed E-state index contributed by atoms with van der Waals surface area (Å²) >= 11 is 0. The van der Waals surface area contributed by atoms with Crippen LogP contribution in [0.2, 0.25) is 0 Å². The Balaban J connectivity index is 2.18. The Labute approximate surface area is 126 Å². The summed E-state index contributed by atoms with van der Waals surface area (Å²) in [6.07, 6.45) is 3.20. The molecule has 0 aliphatic heterocycles. The van der Waals surface area contributed by atoms with Gasteiger partial charge in [0, 0.05) is 12.6 Å². The van der Waals surface area contributed by atoms with Gasteiger partial charge in [0.05, 0.1) is 4.90 Å². The molecule has 21 heavy (non-hydrogen) atoms. The van der Waals surface area contributed by atoms with Gasteiger partial charge in [0.1, 0.15) is 5.82 Å². The fraction of sp³-hybridized carbons (Fsp3) is 0.600. The van der Waals surface area contributed by atoms with E-state index in [4.69, 9.17) is 0 Å². The number of hydrogen-bond donors (Lipinski definition) is 2. The molecule has 2 rings (SSSR count). The smallest absolute Gasteiger partial charge is 0.241 e. The summed E-state index contributed by atoms with van der Waals surface area (Å²) in [4.78, 5) is 0.0334. The van der Waals surface area contributed by atoms with Crippen LogP contribution < -0.4 is 10.0 Å². The predicted molar refractivity (Wildman–Crippen MR) is 80.9 cm³/mol. The van der Waals surface area contributed by atoms with Gasteiger partial charge in [-0.2, -0.15) is 0 Å². The molecule has 1 saturated carbocycles. The van der Waals surface area contributed by atoms with Gasteiger partial charge in [-0.3, -0.25) is 0 Å². The SMILES string of the molecule is CCNCc1ccc(F)cc1S(=O)(=O)NC(C)CC1CC1. The number of halogens is 1. The van der Waals surface area contributed by atoms with Gasteiger partial charge in [-0.15, -0.1) is 0 Å². The van der Waals surface area contributed by atoms with Crippen LogP contribution in [0.1, 0.15) is 38.7 Å². The fourth-order valence-corrected chi connectivity index (χ4v) is 3.92. The summed E-state index contributed by atoms with van der Waals surface area (Å²) in [6.45, 7) is 4.93. The van der Waals surface area contributed by atoms with Crippen LogP contribution in [0.3, 0.4) is 0 Å². The van der Waals surface area contributed by atoms with Crippen LogP contribution in [0.4, 0.5) is 4.39 Å². The monoisotopic (exact) mass is 314 g/mol. The quantitative estimate of drug-likeness (QED) is 0.774. The highest BCUT2D eigenvalue weighted by Crippen LogP contribution is 2.33. The van der Waals surface area contributed by atoms with Gasteiger partial charge in [-0.05, 0) is 43.5 Å². The van der Waals surface area contributed by atoms with Gasteiger partial charge < -0.3 is 5.32 Å². The second-order valence-corrected chi connectivity index (χ2v) is 7.42. The molecule has 1 aromatic rings. The molecular formula is C15H23FN2O2S. The topological polar surface area (TPSA) is 58.2 Å². The first-order valence-electron chi connectivity index (χ1n) is 7.44. The van der Waals surface area contributed by atoms with E-state index in [9.17, 15) is 12.8 Å². The second kappa shape index (κ2) is 6.85. The van der Waals surface area contributed by atoms with E-state index in [2.05, 4.69) is 10.0 Å². The number of hydrogen-bond acceptors (Lipinski definition) is 3. The van der Waals surface area contributed by atoms with Gasteiger partial charge in [0.15, 0.2) is 0 Å². The Kier molecular flexibility index (Phi) is 5.35. The molecule has 0 heterocycles. The maximum Gasteiger partial charge on any atom is 0.241 e. The molecule has 6 heteroatoms. The highest BCUT2D eigenvalue weighted by atomic mass is 32.2. The first-order valence-corrected chi connectivity index (χ1v) is 8.92. The minimum Gasteiger partial charge on any atom is -0.313 e. The van der Waals surface area contributed by atoms with Crippen molar-refractivity contribution in [1.82, 2.24) is 10.0 Å². The van der Waals surface area contributed by atoms with Gasteiger partial charge in [-0.1, -0.05) is 25.8 Å². The number of nitrogens with one attached hydrogen (secondary N) is 2. The fourth-order valence-electron chi connectivity index (χ4n) is 2.41. The molecule has 118 valence electrons. The van der Waals surface area contributed by atoms with E-state index in [1.807, 2.05) is 13.8 Å². The maximum absolute atomic E-state index is 13.4.